The predicted octanol–water partition coefficient (Wildman–Crippen LogP) is 3.88. The Kier molecular flexibility index (Phi) is 4.10. The van der Waals surface area contributed by atoms with Gasteiger partial charge in [0, 0.05) is 0 Å². The van der Waals surface area contributed by atoms with Crippen LogP contribution in [-0.4, -0.2) is 31.1 Å². The smallest absolute Gasteiger partial charge is 0.306 e. The van der Waals surface area contributed by atoms with Crippen molar-refractivity contribution in [3.63, 3.8) is 0 Å². The van der Waals surface area contributed by atoms with Crippen molar-refractivity contribution in [2.75, 3.05) is 0 Å². The van der Waals surface area contributed by atoms with Crippen LogP contribution in [0.5, 0.6) is 6.01 Å². The van der Waals surface area contributed by atoms with Crippen LogP contribution >= 0.6 is 0 Å². The van der Waals surface area contributed by atoms with Crippen LogP contribution in [0.3, 0.4) is 0 Å². The first-order chi connectivity index (χ1) is 12.9. The first-order valence-electron chi connectivity index (χ1n) is 8.39. The van der Waals surface area contributed by atoms with Gasteiger partial charge < -0.3 is 15.2 Å². The summed E-state index contributed by atoms with van der Waals surface area (Å²) in [4.78, 5) is 21.5. The average molecular weight is 371 g/mol. The number of nitrogens with one attached hydrogen (secondary N) is 1. The number of rotatable bonds is 3. The van der Waals surface area contributed by atoms with Gasteiger partial charge in [0.15, 0.2) is 5.65 Å². The van der Waals surface area contributed by atoms with Gasteiger partial charge in [-0.1, -0.05) is 6.08 Å². The molecule has 8 heteroatoms. The van der Waals surface area contributed by atoms with Gasteiger partial charge in [0.05, 0.1) is 22.7 Å². The molecular weight excluding hydrogens is 356 g/mol. The minimum absolute atomic E-state index is 0.0686. The first kappa shape index (κ1) is 17.1. The number of aromatic amines is 1. The predicted molar refractivity (Wildman–Crippen MR) is 93.9 cm³/mol. The van der Waals surface area contributed by atoms with E-state index in [1.54, 1.807) is 6.08 Å². The Hall–Kier alpha value is -3.29. The van der Waals surface area contributed by atoms with E-state index in [4.69, 9.17) is 5.11 Å². The summed E-state index contributed by atoms with van der Waals surface area (Å²) in [7, 11) is 0. The average Bonchev–Trinajstić information content (AvgIpc) is 3.00. The van der Waals surface area contributed by atoms with E-state index in [1.165, 1.54) is 24.3 Å². The molecule has 0 saturated carbocycles. The standard InChI is InChI=1S/C19H15F2N3O3/c20-12-7-11(9-1-3-10(4-2-9)18(25)26)8-13(21)16(12)14-5-6-15-17(22-14)24-19(27)23-15/h1,5-8,10H,2-4H2,(H,25,26)(H2,22,23,24,27). The number of aliphatic carboxylic acids is 1. The molecule has 4 rings (SSSR count). The van der Waals surface area contributed by atoms with E-state index < -0.39 is 23.5 Å². The lowest BCUT2D eigenvalue weighted by atomic mass is 9.86. The molecule has 0 amide bonds. The number of carboxylic acids is 1. The molecule has 3 aromatic rings. The lowest BCUT2D eigenvalue weighted by Crippen LogP contribution is -2.15. The van der Waals surface area contributed by atoms with Crippen LogP contribution in [-0.2, 0) is 4.79 Å². The topological polar surface area (TPSA) is 99.1 Å². The SMILES string of the molecule is O=C(O)C1CC=C(c2cc(F)c(-c3ccc4[nH]c(O)nc4n3)c(F)c2)CC1. The summed E-state index contributed by atoms with van der Waals surface area (Å²) in [6, 6.07) is 5.12. The molecule has 3 N–H and O–H groups in total. The van der Waals surface area contributed by atoms with Crippen LogP contribution in [0.1, 0.15) is 24.8 Å². The summed E-state index contributed by atoms with van der Waals surface area (Å²) in [6.07, 6.45) is 2.96. The van der Waals surface area contributed by atoms with Gasteiger partial charge >= 0.3 is 5.97 Å². The Morgan fingerprint density at radius 1 is 1.19 bits per heavy atom. The summed E-state index contributed by atoms with van der Waals surface area (Å²) >= 11 is 0. The molecule has 0 fully saturated rings. The number of H-pyrrole nitrogens is 1. The number of nitrogens with zero attached hydrogens (tertiary/aromatic N) is 2. The maximum Gasteiger partial charge on any atom is 0.306 e. The second-order valence-electron chi connectivity index (χ2n) is 6.48. The molecule has 2 aromatic heterocycles. The maximum absolute atomic E-state index is 14.7. The summed E-state index contributed by atoms with van der Waals surface area (Å²) < 4.78 is 29.4. The Morgan fingerprint density at radius 2 is 1.93 bits per heavy atom. The van der Waals surface area contributed by atoms with Gasteiger partial charge in [-0.3, -0.25) is 4.79 Å². The number of allylic oxidation sites excluding steroid dienone is 2. The third-order valence-corrected chi connectivity index (χ3v) is 4.76. The molecule has 0 spiro atoms. The van der Waals surface area contributed by atoms with E-state index in [1.807, 2.05) is 0 Å². The van der Waals surface area contributed by atoms with E-state index in [2.05, 4.69) is 15.0 Å². The van der Waals surface area contributed by atoms with Crippen LogP contribution in [0.4, 0.5) is 8.78 Å². The molecule has 2 heterocycles. The number of hydrogen-bond donors (Lipinski definition) is 3. The van der Waals surface area contributed by atoms with Crippen LogP contribution < -0.4 is 0 Å². The molecule has 0 radical (unpaired) electrons. The number of imidazole rings is 1. The number of carbonyl (C=O) groups is 1. The van der Waals surface area contributed by atoms with Gasteiger partial charge in [0.2, 0.25) is 0 Å². The molecule has 6 nitrogen and oxygen atoms in total. The van der Waals surface area contributed by atoms with Gasteiger partial charge in [-0.15, -0.1) is 0 Å². The highest BCUT2D eigenvalue weighted by Gasteiger charge is 2.23. The van der Waals surface area contributed by atoms with Gasteiger partial charge in [-0.25, -0.2) is 13.8 Å². The number of hydrogen-bond acceptors (Lipinski definition) is 4. The van der Waals surface area contributed by atoms with Crippen LogP contribution in [0.2, 0.25) is 0 Å². The Balaban J connectivity index is 1.70. The number of pyridine rings is 1. The summed E-state index contributed by atoms with van der Waals surface area (Å²) in [5.74, 6) is -2.84. The van der Waals surface area contributed by atoms with Crippen LogP contribution in [0, 0.1) is 17.6 Å². The van der Waals surface area contributed by atoms with Gasteiger partial charge in [0.25, 0.3) is 6.01 Å². The lowest BCUT2D eigenvalue weighted by molar-refractivity contribution is -0.141. The van der Waals surface area contributed by atoms with Crippen molar-refractivity contribution in [1.82, 2.24) is 15.0 Å². The second kappa shape index (κ2) is 6.46. The molecule has 0 saturated heterocycles. The molecule has 0 bridgehead atoms. The van der Waals surface area contributed by atoms with E-state index in [0.29, 0.717) is 30.3 Å². The molecule has 1 atom stereocenters. The van der Waals surface area contributed by atoms with E-state index in [-0.39, 0.29) is 22.9 Å². The number of benzene rings is 1. The van der Waals surface area contributed by atoms with Crippen molar-refractivity contribution in [2.45, 2.75) is 19.3 Å². The van der Waals surface area contributed by atoms with Crippen molar-refractivity contribution < 1.29 is 23.8 Å². The lowest BCUT2D eigenvalue weighted by Gasteiger charge is -2.19. The third kappa shape index (κ3) is 3.14. The quantitative estimate of drug-likeness (QED) is 0.649. The van der Waals surface area contributed by atoms with Crippen molar-refractivity contribution in [2.24, 2.45) is 5.92 Å². The number of aromatic hydroxyl groups is 1. The molecular formula is C19H15F2N3O3. The first-order valence-corrected chi connectivity index (χ1v) is 8.39. The highest BCUT2D eigenvalue weighted by molar-refractivity contribution is 5.78. The molecule has 1 aliphatic carbocycles. The van der Waals surface area contributed by atoms with E-state index in [9.17, 15) is 18.7 Å². The Morgan fingerprint density at radius 3 is 2.56 bits per heavy atom. The van der Waals surface area contributed by atoms with Crippen molar-refractivity contribution in [3.05, 3.63) is 47.5 Å². The normalized spacial score (nSPS) is 17.1. The zero-order valence-corrected chi connectivity index (χ0v) is 14.0. The third-order valence-electron chi connectivity index (χ3n) is 4.76. The number of halogens is 2. The highest BCUT2D eigenvalue weighted by Crippen LogP contribution is 2.34. The van der Waals surface area contributed by atoms with E-state index in [0.717, 1.165) is 5.57 Å². The largest absolute Gasteiger partial charge is 0.481 e. The van der Waals surface area contributed by atoms with Gasteiger partial charge in [-0.2, -0.15) is 4.98 Å². The highest BCUT2D eigenvalue weighted by atomic mass is 19.1. The summed E-state index contributed by atoms with van der Waals surface area (Å²) in [5.41, 5.74) is 1.53. The fourth-order valence-electron chi connectivity index (χ4n) is 3.34. The minimum atomic E-state index is -0.858. The molecule has 138 valence electrons. The maximum atomic E-state index is 14.7. The fraction of sp³-hybridized carbons (Fsp3) is 0.211. The fourth-order valence-corrected chi connectivity index (χ4v) is 3.34. The molecule has 1 aromatic carbocycles. The number of carboxylic acid groups (broad SMARTS) is 1. The Bertz CT molecular complexity index is 1070. The van der Waals surface area contributed by atoms with Crippen molar-refractivity contribution >= 4 is 22.7 Å². The minimum Gasteiger partial charge on any atom is -0.481 e. The second-order valence-corrected chi connectivity index (χ2v) is 6.48. The van der Waals surface area contributed by atoms with Gasteiger partial charge in [0.1, 0.15) is 11.6 Å². The number of fused-ring (bicyclic) bond motifs is 1. The van der Waals surface area contributed by atoms with E-state index >= 15 is 0 Å². The summed E-state index contributed by atoms with van der Waals surface area (Å²) in [5, 5.41) is 18.4. The van der Waals surface area contributed by atoms with Crippen molar-refractivity contribution in [3.8, 4) is 17.3 Å². The molecule has 1 unspecified atom stereocenters. The monoisotopic (exact) mass is 371 g/mol. The molecule has 27 heavy (non-hydrogen) atoms. The van der Waals surface area contributed by atoms with Crippen LogP contribution in [0.25, 0.3) is 28.0 Å². The molecule has 1 aliphatic rings. The van der Waals surface area contributed by atoms with Crippen molar-refractivity contribution in [1.29, 1.82) is 0 Å². The number of aromatic nitrogens is 3. The zero-order chi connectivity index (χ0) is 19.1. The zero-order valence-electron chi connectivity index (χ0n) is 14.0. The summed E-state index contributed by atoms with van der Waals surface area (Å²) in [6.45, 7) is 0. The van der Waals surface area contributed by atoms with Gasteiger partial charge in [-0.05, 0) is 54.7 Å². The van der Waals surface area contributed by atoms with Crippen LogP contribution in [0.15, 0.2) is 30.3 Å². The molecule has 0 aliphatic heterocycles. The Labute approximate surface area is 152 Å².